The topological polar surface area (TPSA) is 38.3 Å². The highest BCUT2D eigenvalue weighted by Gasteiger charge is 2.07. The molecule has 2 rings (SSSR count). The number of thiophene rings is 1. The SMILES string of the molecule is COC(=O)Cc1ccc(CNc2ccc(F)cc2Br)s1. The fraction of sp³-hybridized carbons (Fsp3) is 0.214. The van der Waals surface area contributed by atoms with E-state index in [1.807, 2.05) is 12.1 Å². The summed E-state index contributed by atoms with van der Waals surface area (Å²) in [5.74, 6) is -0.522. The molecule has 1 aromatic carbocycles. The van der Waals surface area contributed by atoms with Crippen LogP contribution in [0.15, 0.2) is 34.8 Å². The van der Waals surface area contributed by atoms with E-state index in [0.717, 1.165) is 15.4 Å². The lowest BCUT2D eigenvalue weighted by molar-refractivity contribution is -0.139. The number of hydrogen-bond acceptors (Lipinski definition) is 4. The van der Waals surface area contributed by atoms with E-state index in [4.69, 9.17) is 0 Å². The van der Waals surface area contributed by atoms with Crippen LogP contribution < -0.4 is 5.32 Å². The Labute approximate surface area is 128 Å². The molecule has 0 radical (unpaired) electrons. The van der Waals surface area contributed by atoms with Crippen LogP contribution in [0.3, 0.4) is 0 Å². The summed E-state index contributed by atoms with van der Waals surface area (Å²) in [6, 6.07) is 8.39. The Kier molecular flexibility index (Phi) is 5.14. The first kappa shape index (κ1) is 15.0. The number of esters is 1. The van der Waals surface area contributed by atoms with Crippen LogP contribution in [-0.2, 0) is 22.5 Å². The largest absolute Gasteiger partial charge is 0.469 e. The van der Waals surface area contributed by atoms with Crippen molar-refractivity contribution in [3.8, 4) is 0 Å². The Balaban J connectivity index is 1.95. The third-order valence-corrected chi connectivity index (χ3v) is 4.39. The molecule has 0 saturated heterocycles. The Morgan fingerprint density at radius 1 is 1.35 bits per heavy atom. The van der Waals surface area contributed by atoms with Gasteiger partial charge in [-0.2, -0.15) is 0 Å². The van der Waals surface area contributed by atoms with Gasteiger partial charge >= 0.3 is 5.97 Å². The maximum absolute atomic E-state index is 13.0. The van der Waals surface area contributed by atoms with Crippen molar-refractivity contribution < 1.29 is 13.9 Å². The molecule has 0 spiro atoms. The molecule has 0 atom stereocenters. The van der Waals surface area contributed by atoms with Crippen molar-refractivity contribution in [3.05, 3.63) is 50.4 Å². The number of halogens is 2. The van der Waals surface area contributed by atoms with Crippen molar-refractivity contribution in [3.63, 3.8) is 0 Å². The molecule has 20 heavy (non-hydrogen) atoms. The number of ether oxygens (including phenoxy) is 1. The molecule has 0 unspecified atom stereocenters. The summed E-state index contributed by atoms with van der Waals surface area (Å²) < 4.78 is 18.3. The molecule has 0 aliphatic rings. The van der Waals surface area contributed by atoms with Gasteiger partial charge in [-0.1, -0.05) is 0 Å². The minimum absolute atomic E-state index is 0.243. The van der Waals surface area contributed by atoms with Crippen molar-refractivity contribution in [2.45, 2.75) is 13.0 Å². The quantitative estimate of drug-likeness (QED) is 0.822. The van der Waals surface area contributed by atoms with Gasteiger partial charge in [0.2, 0.25) is 0 Å². The van der Waals surface area contributed by atoms with Crippen LogP contribution in [-0.4, -0.2) is 13.1 Å². The molecule has 0 aliphatic carbocycles. The third-order valence-electron chi connectivity index (χ3n) is 2.65. The van der Waals surface area contributed by atoms with Gasteiger partial charge in [-0.3, -0.25) is 4.79 Å². The molecule has 1 aromatic heterocycles. The van der Waals surface area contributed by atoms with Crippen LogP contribution in [0.2, 0.25) is 0 Å². The van der Waals surface area contributed by atoms with E-state index >= 15 is 0 Å². The van der Waals surface area contributed by atoms with Gasteiger partial charge in [0.1, 0.15) is 5.82 Å². The maximum Gasteiger partial charge on any atom is 0.310 e. The average molecular weight is 358 g/mol. The molecule has 6 heteroatoms. The van der Waals surface area contributed by atoms with Gasteiger partial charge in [-0.25, -0.2) is 4.39 Å². The van der Waals surface area contributed by atoms with E-state index < -0.39 is 0 Å². The van der Waals surface area contributed by atoms with Crippen LogP contribution in [0, 0.1) is 5.82 Å². The Hall–Kier alpha value is -1.40. The number of hydrogen-bond donors (Lipinski definition) is 1. The van der Waals surface area contributed by atoms with E-state index in [0.29, 0.717) is 17.4 Å². The maximum atomic E-state index is 13.0. The van der Waals surface area contributed by atoms with E-state index in [1.165, 1.54) is 19.2 Å². The minimum atomic E-state index is -0.279. The normalized spacial score (nSPS) is 10.3. The number of rotatable bonds is 5. The third kappa shape index (κ3) is 4.05. The number of carbonyl (C=O) groups excluding carboxylic acids is 1. The molecule has 106 valence electrons. The van der Waals surface area contributed by atoms with Gasteiger partial charge in [-0.15, -0.1) is 11.3 Å². The molecular formula is C14H13BrFNO2S. The van der Waals surface area contributed by atoms with Crippen molar-refractivity contribution in [2.24, 2.45) is 0 Å². The highest BCUT2D eigenvalue weighted by atomic mass is 79.9. The van der Waals surface area contributed by atoms with Crippen LogP contribution in [0.25, 0.3) is 0 Å². The summed E-state index contributed by atoms with van der Waals surface area (Å²) >= 11 is 4.86. The first-order valence-electron chi connectivity index (χ1n) is 5.92. The number of methoxy groups -OCH3 is 1. The molecule has 0 saturated carbocycles. The lowest BCUT2D eigenvalue weighted by atomic mass is 10.3. The molecule has 1 heterocycles. The Bertz CT molecular complexity index is 615. The molecule has 0 fully saturated rings. The second kappa shape index (κ2) is 6.85. The molecule has 0 bridgehead atoms. The van der Waals surface area contributed by atoms with Crippen molar-refractivity contribution in [2.75, 3.05) is 12.4 Å². The van der Waals surface area contributed by atoms with Gasteiger partial charge in [0.25, 0.3) is 0 Å². The zero-order valence-corrected chi connectivity index (χ0v) is 13.2. The number of carbonyl (C=O) groups is 1. The number of nitrogens with one attached hydrogen (secondary N) is 1. The predicted molar refractivity (Wildman–Crippen MR) is 81.5 cm³/mol. The standard InChI is InChI=1S/C14H13BrFNO2S/c1-19-14(18)7-10-3-4-11(20-10)8-17-13-5-2-9(16)6-12(13)15/h2-6,17H,7-8H2,1H3. The molecule has 0 aliphatic heterocycles. The van der Waals surface area contributed by atoms with Crippen molar-refractivity contribution >= 4 is 38.9 Å². The molecule has 3 nitrogen and oxygen atoms in total. The summed E-state index contributed by atoms with van der Waals surface area (Å²) in [5.41, 5.74) is 0.828. The number of anilines is 1. The van der Waals surface area contributed by atoms with Gasteiger partial charge in [0.05, 0.1) is 13.5 Å². The van der Waals surface area contributed by atoms with Crippen LogP contribution in [0.5, 0.6) is 0 Å². The smallest absolute Gasteiger partial charge is 0.310 e. The highest BCUT2D eigenvalue weighted by molar-refractivity contribution is 9.10. The summed E-state index contributed by atoms with van der Waals surface area (Å²) in [7, 11) is 1.38. The van der Waals surface area contributed by atoms with Gasteiger partial charge in [-0.05, 0) is 46.3 Å². The average Bonchev–Trinajstić information content (AvgIpc) is 2.85. The van der Waals surface area contributed by atoms with E-state index in [-0.39, 0.29) is 11.8 Å². The summed E-state index contributed by atoms with van der Waals surface area (Å²) in [6.07, 6.45) is 0.293. The van der Waals surface area contributed by atoms with Crippen molar-refractivity contribution in [1.29, 1.82) is 0 Å². The lowest BCUT2D eigenvalue weighted by Crippen LogP contribution is -2.02. The monoisotopic (exact) mass is 357 g/mol. The van der Waals surface area contributed by atoms with Gasteiger partial charge < -0.3 is 10.1 Å². The predicted octanol–water partition coefficient (Wildman–Crippen LogP) is 3.98. The zero-order chi connectivity index (χ0) is 14.5. The highest BCUT2D eigenvalue weighted by Crippen LogP contribution is 2.25. The van der Waals surface area contributed by atoms with Gasteiger partial charge in [0, 0.05) is 26.5 Å². The summed E-state index contributed by atoms with van der Waals surface area (Å²) in [6.45, 7) is 0.621. The minimum Gasteiger partial charge on any atom is -0.469 e. The zero-order valence-electron chi connectivity index (χ0n) is 10.8. The first-order chi connectivity index (χ1) is 9.58. The molecule has 1 N–H and O–H groups in total. The number of benzene rings is 1. The Morgan fingerprint density at radius 3 is 2.80 bits per heavy atom. The molecular weight excluding hydrogens is 345 g/mol. The molecule has 0 amide bonds. The fourth-order valence-electron chi connectivity index (χ4n) is 1.64. The summed E-state index contributed by atoms with van der Waals surface area (Å²) in [4.78, 5) is 13.2. The first-order valence-corrected chi connectivity index (χ1v) is 7.53. The van der Waals surface area contributed by atoms with E-state index in [2.05, 4.69) is 26.0 Å². The fourth-order valence-corrected chi connectivity index (χ4v) is 3.08. The second-order valence-electron chi connectivity index (χ2n) is 4.10. The van der Waals surface area contributed by atoms with E-state index in [9.17, 15) is 9.18 Å². The second-order valence-corrected chi connectivity index (χ2v) is 6.21. The van der Waals surface area contributed by atoms with Crippen LogP contribution in [0.4, 0.5) is 10.1 Å². The Morgan fingerprint density at radius 2 is 2.10 bits per heavy atom. The molecule has 2 aromatic rings. The van der Waals surface area contributed by atoms with E-state index in [1.54, 1.807) is 17.4 Å². The summed E-state index contributed by atoms with van der Waals surface area (Å²) in [5, 5.41) is 3.22. The van der Waals surface area contributed by atoms with Crippen LogP contribution >= 0.6 is 27.3 Å². The van der Waals surface area contributed by atoms with Crippen molar-refractivity contribution in [1.82, 2.24) is 0 Å². The van der Waals surface area contributed by atoms with Gasteiger partial charge in [0.15, 0.2) is 0 Å². The van der Waals surface area contributed by atoms with Crippen LogP contribution in [0.1, 0.15) is 9.75 Å². The lowest BCUT2D eigenvalue weighted by Gasteiger charge is -2.07.